The number of likely N-dealkylation sites (N-methyl/N-ethyl adjacent to an activating group) is 1. The Hall–Kier alpha value is -1.62. The highest BCUT2D eigenvalue weighted by molar-refractivity contribution is 5.86. The summed E-state index contributed by atoms with van der Waals surface area (Å²) in [4.78, 5) is 24.1. The van der Waals surface area contributed by atoms with Crippen molar-refractivity contribution in [3.8, 4) is 0 Å². The molecule has 1 atom stereocenters. The highest BCUT2D eigenvalue weighted by Gasteiger charge is 2.17. The second-order valence-electron chi connectivity index (χ2n) is 14.8. The van der Waals surface area contributed by atoms with Crippen molar-refractivity contribution in [1.29, 1.82) is 0 Å². The van der Waals surface area contributed by atoms with Gasteiger partial charge in [-0.25, -0.2) is 0 Å². The first-order valence-corrected chi connectivity index (χ1v) is 24.0. The van der Waals surface area contributed by atoms with Crippen molar-refractivity contribution in [3.63, 3.8) is 0 Å². The third kappa shape index (κ3) is 52.9. The van der Waals surface area contributed by atoms with Gasteiger partial charge in [0.2, 0.25) is 11.8 Å². The summed E-state index contributed by atoms with van der Waals surface area (Å²) in [6, 6.07) is -0.602. The Labute approximate surface area is 380 Å². The fourth-order valence-electron chi connectivity index (χ4n) is 5.71. The normalized spacial score (nSPS) is 12.0. The van der Waals surface area contributed by atoms with E-state index >= 15 is 0 Å². The van der Waals surface area contributed by atoms with Gasteiger partial charge in [-0.3, -0.25) is 9.59 Å². The Bertz CT molecular complexity index is 918. The number of carbonyl (C=O) groups is 2. The zero-order chi connectivity index (χ0) is 45.6. The molecule has 0 fully saturated rings. The second kappa shape index (κ2) is 54.7. The molecule has 18 nitrogen and oxygen atoms in total. The molecular weight excluding hydrogens is 821 g/mol. The van der Waals surface area contributed by atoms with Crippen LogP contribution < -0.4 is 21.7 Å². The molecule has 63 heavy (non-hydrogen) atoms. The number of primary amides is 1. The maximum absolute atomic E-state index is 12.3. The lowest BCUT2D eigenvalue weighted by molar-refractivity contribution is -0.127. The quantitative estimate of drug-likeness (QED) is 0.0647. The molecule has 5 N–H and O–H groups in total. The molecule has 0 heterocycles. The van der Waals surface area contributed by atoms with E-state index in [-0.39, 0.29) is 5.91 Å². The maximum Gasteiger partial charge on any atom is 0.239 e. The van der Waals surface area contributed by atoms with Crippen LogP contribution in [0.3, 0.4) is 0 Å². The van der Waals surface area contributed by atoms with Gasteiger partial charge in [0.05, 0.1) is 159 Å². The summed E-state index contributed by atoms with van der Waals surface area (Å²) >= 11 is 0. The molecule has 0 aromatic carbocycles. The van der Waals surface area contributed by atoms with Crippen molar-refractivity contribution in [2.45, 2.75) is 96.4 Å². The molecule has 0 radical (unpaired) electrons. The van der Waals surface area contributed by atoms with Crippen LogP contribution in [0.15, 0.2) is 0 Å². The Balaban J connectivity index is 3.26. The number of nitrogens with two attached hydrogens (primary N) is 1. The average molecular weight is 913 g/mol. The summed E-state index contributed by atoms with van der Waals surface area (Å²) in [6.07, 6.45) is 13.5. The van der Waals surface area contributed by atoms with Crippen LogP contribution in [0.25, 0.3) is 0 Å². The molecule has 0 aliphatic rings. The number of hydrogen-bond acceptors (Lipinski definition) is 16. The highest BCUT2D eigenvalue weighted by Crippen LogP contribution is 2.11. The molecule has 2 amide bonds. The molecule has 0 saturated heterocycles. The van der Waals surface area contributed by atoms with Crippen molar-refractivity contribution in [3.05, 3.63) is 0 Å². The average Bonchev–Trinajstić information content (AvgIpc) is 3.28. The molecule has 0 aromatic heterocycles. The highest BCUT2D eigenvalue weighted by atomic mass is 16.6. The predicted octanol–water partition coefficient (Wildman–Crippen LogP) is 3.06. The first-order valence-electron chi connectivity index (χ1n) is 24.0. The van der Waals surface area contributed by atoms with Crippen LogP contribution >= 0.6 is 0 Å². The Morgan fingerprint density at radius 2 is 0.714 bits per heavy atom. The summed E-state index contributed by atoms with van der Waals surface area (Å²) in [5.74, 6) is -0.551. The fraction of sp³-hybridized carbons (Fsp3) is 0.956. The molecule has 0 aliphatic carbocycles. The van der Waals surface area contributed by atoms with Crippen LogP contribution in [0.1, 0.15) is 90.4 Å². The zero-order valence-electron chi connectivity index (χ0n) is 39.7. The van der Waals surface area contributed by atoms with Crippen molar-refractivity contribution in [2.24, 2.45) is 5.73 Å². The number of rotatable bonds is 56. The minimum absolute atomic E-state index is 0.0813. The fourth-order valence-corrected chi connectivity index (χ4v) is 5.71. The topological polar surface area (TPSA) is 207 Å². The standard InChI is InChI=1S/C45H92N4O14/c1-3-4-5-6-7-8-9-10-11-15-44(50)49-43(45(46)51)14-12-13-16-48-18-20-53-22-24-55-26-28-57-30-32-59-34-36-61-38-40-63-42-41-62-39-37-60-35-33-58-31-29-56-27-25-54-23-21-52-19-17-47-2/h43,47-48H,3-42H2,1-2H3,(H2,46,51)(H,49,50). The van der Waals surface area contributed by atoms with Crippen LogP contribution in [-0.2, 0) is 66.4 Å². The molecular formula is C45H92N4O14. The molecule has 0 aromatic rings. The minimum Gasteiger partial charge on any atom is -0.378 e. The predicted molar refractivity (Wildman–Crippen MR) is 243 cm³/mol. The molecule has 0 rings (SSSR count). The summed E-state index contributed by atoms with van der Waals surface area (Å²) in [5, 5.41) is 9.18. The molecule has 0 bridgehead atoms. The van der Waals surface area contributed by atoms with Crippen molar-refractivity contribution in [1.82, 2.24) is 16.0 Å². The van der Waals surface area contributed by atoms with Gasteiger partial charge in [-0.05, 0) is 39.3 Å². The van der Waals surface area contributed by atoms with E-state index in [4.69, 9.17) is 62.6 Å². The van der Waals surface area contributed by atoms with E-state index in [1.807, 2.05) is 7.05 Å². The number of amides is 2. The van der Waals surface area contributed by atoms with E-state index in [0.717, 1.165) is 51.7 Å². The molecule has 0 saturated carbocycles. The SMILES string of the molecule is CCCCCCCCCCCC(=O)NC(CCCCNCCOCCOCCOCCOCCOCCOCCOCCOCCOCCOCCOCCOCCNC)C(N)=O. The van der Waals surface area contributed by atoms with Crippen molar-refractivity contribution in [2.75, 3.05) is 185 Å². The van der Waals surface area contributed by atoms with Crippen LogP contribution in [-0.4, -0.2) is 203 Å². The monoisotopic (exact) mass is 913 g/mol. The van der Waals surface area contributed by atoms with Gasteiger partial charge in [0, 0.05) is 19.5 Å². The largest absolute Gasteiger partial charge is 0.378 e. The van der Waals surface area contributed by atoms with Crippen LogP contribution in [0.2, 0.25) is 0 Å². The second-order valence-corrected chi connectivity index (χ2v) is 14.8. The lowest BCUT2D eigenvalue weighted by atomic mass is 10.1. The van der Waals surface area contributed by atoms with Gasteiger partial charge >= 0.3 is 0 Å². The summed E-state index contributed by atoms with van der Waals surface area (Å²) in [7, 11) is 1.89. The van der Waals surface area contributed by atoms with Gasteiger partial charge in [-0.15, -0.1) is 0 Å². The smallest absolute Gasteiger partial charge is 0.239 e. The van der Waals surface area contributed by atoms with E-state index in [0.29, 0.717) is 171 Å². The van der Waals surface area contributed by atoms with Gasteiger partial charge < -0.3 is 78.5 Å². The molecule has 1 unspecified atom stereocenters. The summed E-state index contributed by atoms with van der Waals surface area (Å²) in [5.41, 5.74) is 5.54. The lowest BCUT2D eigenvalue weighted by Gasteiger charge is -2.15. The van der Waals surface area contributed by atoms with Crippen molar-refractivity contribution >= 4 is 11.8 Å². The van der Waals surface area contributed by atoms with Gasteiger partial charge in [0.15, 0.2) is 0 Å². The Morgan fingerprint density at radius 1 is 0.397 bits per heavy atom. The molecule has 18 heteroatoms. The number of ether oxygens (including phenoxy) is 12. The first-order chi connectivity index (χ1) is 31.1. The molecule has 0 spiro atoms. The van der Waals surface area contributed by atoms with Crippen LogP contribution in [0.4, 0.5) is 0 Å². The summed E-state index contributed by atoms with van der Waals surface area (Å²) in [6.45, 7) is 17.1. The van der Waals surface area contributed by atoms with Gasteiger partial charge in [-0.1, -0.05) is 58.3 Å². The minimum atomic E-state index is -0.602. The molecule has 376 valence electrons. The number of unbranched alkanes of at least 4 members (excludes halogenated alkanes) is 9. The maximum atomic E-state index is 12.3. The lowest BCUT2D eigenvalue weighted by Crippen LogP contribution is -2.44. The van der Waals surface area contributed by atoms with E-state index in [2.05, 4.69) is 22.9 Å². The molecule has 0 aliphatic heterocycles. The third-order valence-corrected chi connectivity index (χ3v) is 9.29. The van der Waals surface area contributed by atoms with E-state index in [1.54, 1.807) is 0 Å². The van der Waals surface area contributed by atoms with Gasteiger partial charge in [0.1, 0.15) is 6.04 Å². The summed E-state index contributed by atoms with van der Waals surface area (Å²) < 4.78 is 65.9. The first kappa shape index (κ1) is 61.4. The number of nitrogens with one attached hydrogen (secondary N) is 3. The zero-order valence-corrected chi connectivity index (χ0v) is 39.7. The van der Waals surface area contributed by atoms with Gasteiger partial charge in [-0.2, -0.15) is 0 Å². The van der Waals surface area contributed by atoms with E-state index < -0.39 is 11.9 Å². The van der Waals surface area contributed by atoms with Crippen LogP contribution in [0.5, 0.6) is 0 Å². The third-order valence-electron chi connectivity index (χ3n) is 9.29. The Kier molecular flexibility index (Phi) is 53.3. The number of carbonyl (C=O) groups excluding carboxylic acids is 2. The van der Waals surface area contributed by atoms with Crippen LogP contribution in [0, 0.1) is 0 Å². The van der Waals surface area contributed by atoms with Crippen molar-refractivity contribution < 1.29 is 66.4 Å². The Morgan fingerprint density at radius 3 is 1.05 bits per heavy atom. The van der Waals surface area contributed by atoms with Gasteiger partial charge in [0.25, 0.3) is 0 Å². The number of hydrogen-bond donors (Lipinski definition) is 4. The van der Waals surface area contributed by atoms with E-state index in [1.165, 1.54) is 38.5 Å². The van der Waals surface area contributed by atoms with E-state index in [9.17, 15) is 9.59 Å².